The molecule has 0 bridgehead atoms. The first-order valence-corrected chi connectivity index (χ1v) is 7.45. The Kier molecular flexibility index (Phi) is 4.42. The molecule has 0 spiro atoms. The van der Waals surface area contributed by atoms with Gasteiger partial charge in [0.15, 0.2) is 0 Å². The molecular weight excluding hydrogens is 321 g/mol. The van der Waals surface area contributed by atoms with Gasteiger partial charge >= 0.3 is 6.18 Å². The van der Waals surface area contributed by atoms with Crippen LogP contribution in [0.4, 0.5) is 13.2 Å². The topological polar surface area (TPSA) is 51.2 Å². The Hall–Kier alpha value is -2.57. The number of amides is 1. The van der Waals surface area contributed by atoms with E-state index in [1.807, 2.05) is 24.3 Å². The Morgan fingerprint density at radius 1 is 1.25 bits per heavy atom. The van der Waals surface area contributed by atoms with Crippen LogP contribution in [0.5, 0.6) is 5.75 Å². The van der Waals surface area contributed by atoms with Crippen LogP contribution >= 0.6 is 0 Å². The maximum atomic E-state index is 12.5. The van der Waals surface area contributed by atoms with Gasteiger partial charge in [-0.25, -0.2) is 0 Å². The second-order valence-electron chi connectivity index (χ2n) is 5.63. The monoisotopic (exact) mass is 336 g/mol. The number of rotatable bonds is 3. The molecule has 1 N–H and O–H groups in total. The molecule has 4 nitrogen and oxygen atoms in total. The van der Waals surface area contributed by atoms with Crippen molar-refractivity contribution in [2.24, 2.45) is 5.92 Å². The van der Waals surface area contributed by atoms with Crippen molar-refractivity contribution in [1.82, 2.24) is 10.3 Å². The van der Waals surface area contributed by atoms with Gasteiger partial charge in [0, 0.05) is 18.7 Å². The van der Waals surface area contributed by atoms with E-state index in [2.05, 4.69) is 10.3 Å². The molecular formula is C17H15F3N2O2. The highest BCUT2D eigenvalue weighted by atomic mass is 19.4. The summed E-state index contributed by atoms with van der Waals surface area (Å²) in [7, 11) is 0. The van der Waals surface area contributed by atoms with Crippen molar-refractivity contribution in [3.8, 4) is 5.75 Å². The first kappa shape index (κ1) is 16.3. The number of carbonyl (C=O) groups is 1. The standard InChI is InChI=1S/C17H15F3N2O2/c18-17(19,20)15-6-5-13(9-21-15)16(23)22-8-11-7-12-3-1-2-4-14(12)24-10-11/h1-6,9,11H,7-8,10H2,(H,22,23). The minimum Gasteiger partial charge on any atom is -0.493 e. The lowest BCUT2D eigenvalue weighted by atomic mass is 9.96. The van der Waals surface area contributed by atoms with Gasteiger partial charge in [-0.3, -0.25) is 9.78 Å². The van der Waals surface area contributed by atoms with Crippen molar-refractivity contribution in [2.75, 3.05) is 13.2 Å². The first-order chi connectivity index (χ1) is 11.4. The molecule has 2 aromatic rings. The van der Waals surface area contributed by atoms with Crippen molar-refractivity contribution >= 4 is 5.91 Å². The summed E-state index contributed by atoms with van der Waals surface area (Å²) in [6, 6.07) is 9.63. The number of halogens is 3. The Morgan fingerprint density at radius 2 is 2.04 bits per heavy atom. The number of nitrogens with one attached hydrogen (secondary N) is 1. The molecule has 0 radical (unpaired) electrons. The molecule has 126 valence electrons. The maximum absolute atomic E-state index is 12.5. The number of benzene rings is 1. The normalized spacial score (nSPS) is 16.9. The molecule has 1 aliphatic rings. The van der Waals surface area contributed by atoms with Gasteiger partial charge in [-0.2, -0.15) is 13.2 Å². The van der Waals surface area contributed by atoms with E-state index in [-0.39, 0.29) is 11.5 Å². The van der Waals surface area contributed by atoms with Gasteiger partial charge in [0.1, 0.15) is 11.4 Å². The molecule has 1 unspecified atom stereocenters. The smallest absolute Gasteiger partial charge is 0.433 e. The maximum Gasteiger partial charge on any atom is 0.433 e. The molecule has 1 atom stereocenters. The van der Waals surface area contributed by atoms with Crippen LogP contribution in [0.15, 0.2) is 42.6 Å². The molecule has 7 heteroatoms. The van der Waals surface area contributed by atoms with Crippen LogP contribution < -0.4 is 10.1 Å². The Balaban J connectivity index is 1.56. The van der Waals surface area contributed by atoms with E-state index in [1.54, 1.807) is 0 Å². The van der Waals surface area contributed by atoms with E-state index >= 15 is 0 Å². The molecule has 1 aromatic heterocycles. The predicted octanol–water partition coefficient (Wildman–Crippen LogP) is 3.08. The average Bonchev–Trinajstić information content (AvgIpc) is 2.59. The van der Waals surface area contributed by atoms with Crippen LogP contribution in [0.2, 0.25) is 0 Å². The molecule has 0 saturated carbocycles. The van der Waals surface area contributed by atoms with Crippen LogP contribution in [0.25, 0.3) is 0 Å². The number of para-hydroxylation sites is 1. The number of alkyl halides is 3. The van der Waals surface area contributed by atoms with Crippen LogP contribution in [0.1, 0.15) is 21.6 Å². The molecule has 0 aliphatic carbocycles. The minimum atomic E-state index is -4.51. The molecule has 0 fully saturated rings. The third-order valence-corrected chi connectivity index (χ3v) is 3.82. The average molecular weight is 336 g/mol. The zero-order valence-electron chi connectivity index (χ0n) is 12.6. The fourth-order valence-corrected chi connectivity index (χ4v) is 2.56. The largest absolute Gasteiger partial charge is 0.493 e. The zero-order chi connectivity index (χ0) is 17.2. The van der Waals surface area contributed by atoms with Crippen molar-refractivity contribution in [3.63, 3.8) is 0 Å². The number of fused-ring (bicyclic) bond motifs is 1. The van der Waals surface area contributed by atoms with Crippen LogP contribution in [-0.4, -0.2) is 24.0 Å². The summed E-state index contributed by atoms with van der Waals surface area (Å²) in [4.78, 5) is 15.3. The summed E-state index contributed by atoms with van der Waals surface area (Å²) in [6.07, 6.45) is -2.80. The van der Waals surface area contributed by atoms with E-state index in [1.165, 1.54) is 0 Å². The quantitative estimate of drug-likeness (QED) is 0.937. The molecule has 2 heterocycles. The SMILES string of the molecule is O=C(NCC1COc2ccccc2C1)c1ccc(C(F)(F)F)nc1. The molecule has 3 rings (SSSR count). The lowest BCUT2D eigenvalue weighted by Gasteiger charge is -2.25. The van der Waals surface area contributed by atoms with E-state index in [4.69, 9.17) is 4.74 Å². The summed E-state index contributed by atoms with van der Waals surface area (Å²) in [6.45, 7) is 0.872. The Labute approximate surface area is 136 Å². The minimum absolute atomic E-state index is 0.0973. The van der Waals surface area contributed by atoms with Gasteiger partial charge in [0.25, 0.3) is 5.91 Å². The zero-order valence-corrected chi connectivity index (χ0v) is 12.6. The second-order valence-corrected chi connectivity index (χ2v) is 5.63. The highest BCUT2D eigenvalue weighted by molar-refractivity contribution is 5.93. The molecule has 1 aliphatic heterocycles. The number of ether oxygens (including phenoxy) is 1. The summed E-state index contributed by atoms with van der Waals surface area (Å²) in [5.74, 6) is 0.522. The fraction of sp³-hybridized carbons (Fsp3) is 0.294. The van der Waals surface area contributed by atoms with Gasteiger partial charge in [-0.05, 0) is 30.2 Å². The van der Waals surface area contributed by atoms with Gasteiger partial charge in [0.05, 0.1) is 12.2 Å². The molecule has 0 saturated heterocycles. The van der Waals surface area contributed by atoms with E-state index in [0.717, 1.165) is 36.1 Å². The molecule has 24 heavy (non-hydrogen) atoms. The number of hydrogen-bond donors (Lipinski definition) is 1. The van der Waals surface area contributed by atoms with Gasteiger partial charge < -0.3 is 10.1 Å². The van der Waals surface area contributed by atoms with Crippen molar-refractivity contribution in [3.05, 3.63) is 59.4 Å². The van der Waals surface area contributed by atoms with E-state index in [0.29, 0.717) is 13.2 Å². The number of hydrogen-bond acceptors (Lipinski definition) is 3. The lowest BCUT2D eigenvalue weighted by Crippen LogP contribution is -2.34. The van der Waals surface area contributed by atoms with Crippen LogP contribution in [-0.2, 0) is 12.6 Å². The fourth-order valence-electron chi connectivity index (χ4n) is 2.56. The second kappa shape index (κ2) is 6.51. The first-order valence-electron chi connectivity index (χ1n) is 7.45. The number of carbonyl (C=O) groups excluding carboxylic acids is 1. The van der Waals surface area contributed by atoms with Gasteiger partial charge in [-0.15, -0.1) is 0 Å². The summed E-state index contributed by atoms with van der Waals surface area (Å²) >= 11 is 0. The van der Waals surface area contributed by atoms with Crippen molar-refractivity contribution < 1.29 is 22.7 Å². The number of nitrogens with zero attached hydrogens (tertiary/aromatic N) is 1. The van der Waals surface area contributed by atoms with Crippen molar-refractivity contribution in [1.29, 1.82) is 0 Å². The Bertz CT molecular complexity index is 729. The lowest BCUT2D eigenvalue weighted by molar-refractivity contribution is -0.141. The summed E-state index contributed by atoms with van der Waals surface area (Å²) < 4.78 is 43.0. The molecule has 1 aromatic carbocycles. The van der Waals surface area contributed by atoms with Crippen LogP contribution in [0.3, 0.4) is 0 Å². The van der Waals surface area contributed by atoms with E-state index < -0.39 is 17.8 Å². The van der Waals surface area contributed by atoms with Gasteiger partial charge in [0.2, 0.25) is 0 Å². The van der Waals surface area contributed by atoms with Crippen LogP contribution in [0, 0.1) is 5.92 Å². The number of aromatic nitrogens is 1. The molecule has 1 amide bonds. The van der Waals surface area contributed by atoms with E-state index in [9.17, 15) is 18.0 Å². The third kappa shape index (κ3) is 3.67. The highest BCUT2D eigenvalue weighted by Gasteiger charge is 2.32. The Morgan fingerprint density at radius 3 is 2.75 bits per heavy atom. The predicted molar refractivity (Wildman–Crippen MR) is 80.7 cm³/mol. The van der Waals surface area contributed by atoms with Crippen molar-refractivity contribution in [2.45, 2.75) is 12.6 Å². The van der Waals surface area contributed by atoms with Gasteiger partial charge in [-0.1, -0.05) is 18.2 Å². The highest BCUT2D eigenvalue weighted by Crippen LogP contribution is 2.28. The number of pyridine rings is 1. The third-order valence-electron chi connectivity index (χ3n) is 3.82. The summed E-state index contributed by atoms with van der Waals surface area (Å²) in [5.41, 5.74) is 0.163. The summed E-state index contributed by atoms with van der Waals surface area (Å²) in [5, 5.41) is 2.72.